The second-order valence-corrected chi connectivity index (χ2v) is 4.88. The first-order valence-electron chi connectivity index (χ1n) is 5.76. The molecular weight excluding hydrogens is 216 g/mol. The first-order chi connectivity index (χ1) is 8.12. The van der Waals surface area contributed by atoms with Crippen LogP contribution < -0.4 is 4.74 Å². The Labute approximate surface area is 100 Å². The zero-order chi connectivity index (χ0) is 12.0. The quantitative estimate of drug-likeness (QED) is 0.724. The lowest BCUT2D eigenvalue weighted by Gasteiger charge is -2.37. The van der Waals surface area contributed by atoms with Crippen LogP contribution >= 0.6 is 0 Å². The lowest BCUT2D eigenvalue weighted by Crippen LogP contribution is -2.49. The minimum Gasteiger partial charge on any atom is -0.461 e. The number of hydrogen-bond acceptors (Lipinski definition) is 4. The fourth-order valence-corrected chi connectivity index (χ4v) is 2.71. The molecule has 0 radical (unpaired) electrons. The number of nitrogens with zero attached hydrogens (tertiary/aromatic N) is 2. The van der Waals surface area contributed by atoms with Crippen molar-refractivity contribution in [1.29, 1.82) is 5.26 Å². The molecule has 1 N–H and O–H groups in total. The molecule has 0 spiro atoms. The van der Waals surface area contributed by atoms with E-state index in [-0.39, 0.29) is 5.92 Å². The maximum atomic E-state index is 10.5. The number of likely N-dealkylation sites (tertiary alicyclic amines) is 1. The van der Waals surface area contributed by atoms with E-state index in [1.54, 1.807) is 12.1 Å². The topological polar surface area (TPSA) is 56.5 Å². The van der Waals surface area contributed by atoms with Crippen molar-refractivity contribution in [3.63, 3.8) is 0 Å². The van der Waals surface area contributed by atoms with Crippen molar-refractivity contribution in [2.45, 2.75) is 18.1 Å². The molecule has 17 heavy (non-hydrogen) atoms. The SMILES string of the molecule is CN1CCC2(O)Oc3ccc(C#N)cc3C2C1. The number of piperidine rings is 1. The standard InChI is InChI=1S/C13H14N2O2/c1-15-5-4-13(16)11(8-15)10-6-9(7-14)2-3-12(10)17-13/h2-3,6,11,16H,4-5,8H2,1H3. The molecule has 0 saturated carbocycles. The maximum absolute atomic E-state index is 10.5. The van der Waals surface area contributed by atoms with Gasteiger partial charge in [0.05, 0.1) is 17.6 Å². The number of ether oxygens (including phenoxy) is 1. The Morgan fingerprint density at radius 2 is 2.41 bits per heavy atom. The van der Waals surface area contributed by atoms with Gasteiger partial charge in [-0.05, 0) is 25.2 Å². The summed E-state index contributed by atoms with van der Waals surface area (Å²) in [6, 6.07) is 7.46. The van der Waals surface area contributed by atoms with Gasteiger partial charge in [0.15, 0.2) is 0 Å². The van der Waals surface area contributed by atoms with E-state index < -0.39 is 5.79 Å². The molecule has 1 fully saturated rings. The van der Waals surface area contributed by atoms with Gasteiger partial charge in [0.1, 0.15) is 5.75 Å². The molecule has 4 nitrogen and oxygen atoms in total. The zero-order valence-corrected chi connectivity index (χ0v) is 9.68. The highest BCUT2D eigenvalue weighted by Crippen LogP contribution is 2.47. The minimum absolute atomic E-state index is 0.0513. The molecule has 2 unspecified atom stereocenters. The van der Waals surface area contributed by atoms with Gasteiger partial charge in [-0.15, -0.1) is 0 Å². The molecule has 0 bridgehead atoms. The highest BCUT2D eigenvalue weighted by atomic mass is 16.6. The van der Waals surface area contributed by atoms with Gasteiger partial charge in [0.25, 0.3) is 0 Å². The summed E-state index contributed by atoms with van der Waals surface area (Å²) < 4.78 is 5.67. The summed E-state index contributed by atoms with van der Waals surface area (Å²) in [5.41, 5.74) is 1.57. The smallest absolute Gasteiger partial charge is 0.217 e. The van der Waals surface area contributed by atoms with Crippen LogP contribution in [0.2, 0.25) is 0 Å². The van der Waals surface area contributed by atoms with Crippen LogP contribution in [-0.2, 0) is 0 Å². The largest absolute Gasteiger partial charge is 0.461 e. The summed E-state index contributed by atoms with van der Waals surface area (Å²) in [4.78, 5) is 2.18. The molecule has 2 heterocycles. The third-order valence-electron chi connectivity index (χ3n) is 3.69. The van der Waals surface area contributed by atoms with Gasteiger partial charge in [-0.3, -0.25) is 0 Å². The van der Waals surface area contributed by atoms with Crippen LogP contribution in [0.4, 0.5) is 0 Å². The summed E-state index contributed by atoms with van der Waals surface area (Å²) in [5.74, 6) is -0.417. The molecule has 2 atom stereocenters. The first kappa shape index (κ1) is 10.6. The van der Waals surface area contributed by atoms with E-state index in [0.717, 1.165) is 18.7 Å². The summed E-state index contributed by atoms with van der Waals surface area (Å²) in [7, 11) is 2.03. The van der Waals surface area contributed by atoms with Crippen molar-refractivity contribution < 1.29 is 9.84 Å². The summed E-state index contributed by atoms with van der Waals surface area (Å²) >= 11 is 0. The van der Waals surface area contributed by atoms with E-state index in [1.165, 1.54) is 0 Å². The van der Waals surface area contributed by atoms with E-state index in [0.29, 0.717) is 17.7 Å². The Morgan fingerprint density at radius 3 is 3.18 bits per heavy atom. The molecule has 88 valence electrons. The second kappa shape index (κ2) is 3.46. The second-order valence-electron chi connectivity index (χ2n) is 4.88. The average Bonchev–Trinajstić information content (AvgIpc) is 2.61. The van der Waals surface area contributed by atoms with Crippen LogP contribution in [0.25, 0.3) is 0 Å². The summed E-state index contributed by atoms with van der Waals surface area (Å²) in [5, 5.41) is 19.4. The Hall–Kier alpha value is -1.57. The average molecular weight is 230 g/mol. The third-order valence-corrected chi connectivity index (χ3v) is 3.69. The molecule has 4 heteroatoms. The van der Waals surface area contributed by atoms with Gasteiger partial charge in [-0.2, -0.15) is 5.26 Å². The van der Waals surface area contributed by atoms with E-state index >= 15 is 0 Å². The number of fused-ring (bicyclic) bond motifs is 3. The van der Waals surface area contributed by atoms with Crippen LogP contribution in [0.3, 0.4) is 0 Å². The molecule has 1 saturated heterocycles. The van der Waals surface area contributed by atoms with Gasteiger partial charge in [0.2, 0.25) is 5.79 Å². The lowest BCUT2D eigenvalue weighted by atomic mass is 9.86. The Balaban J connectivity index is 2.06. The maximum Gasteiger partial charge on any atom is 0.217 e. The number of benzene rings is 1. The van der Waals surface area contributed by atoms with Gasteiger partial charge in [0, 0.05) is 25.1 Å². The predicted molar refractivity (Wildman–Crippen MR) is 61.6 cm³/mol. The molecule has 2 aliphatic heterocycles. The summed E-state index contributed by atoms with van der Waals surface area (Å²) in [6.45, 7) is 1.59. The van der Waals surface area contributed by atoms with E-state index in [2.05, 4.69) is 11.0 Å². The zero-order valence-electron chi connectivity index (χ0n) is 9.68. The number of rotatable bonds is 0. The van der Waals surface area contributed by atoms with Crippen LogP contribution in [0, 0.1) is 11.3 Å². The van der Waals surface area contributed by atoms with E-state index in [1.807, 2.05) is 13.1 Å². The normalized spacial score (nSPS) is 31.2. The Kier molecular flexibility index (Phi) is 2.15. The van der Waals surface area contributed by atoms with Crippen molar-refractivity contribution in [1.82, 2.24) is 4.90 Å². The molecule has 1 aromatic rings. The fourth-order valence-electron chi connectivity index (χ4n) is 2.71. The molecule has 0 amide bonds. The van der Waals surface area contributed by atoms with Crippen molar-refractivity contribution in [2.24, 2.45) is 0 Å². The van der Waals surface area contributed by atoms with Crippen molar-refractivity contribution in [3.05, 3.63) is 29.3 Å². The van der Waals surface area contributed by atoms with Gasteiger partial charge in [-0.1, -0.05) is 0 Å². The van der Waals surface area contributed by atoms with Crippen molar-refractivity contribution in [3.8, 4) is 11.8 Å². The Morgan fingerprint density at radius 1 is 1.59 bits per heavy atom. The third kappa shape index (κ3) is 1.51. The van der Waals surface area contributed by atoms with E-state index in [9.17, 15) is 5.11 Å². The number of nitriles is 1. The van der Waals surface area contributed by atoms with Crippen LogP contribution in [0.1, 0.15) is 23.5 Å². The van der Waals surface area contributed by atoms with Crippen LogP contribution in [-0.4, -0.2) is 35.9 Å². The van der Waals surface area contributed by atoms with Crippen molar-refractivity contribution >= 4 is 0 Å². The molecule has 2 aliphatic rings. The van der Waals surface area contributed by atoms with E-state index in [4.69, 9.17) is 10.00 Å². The highest BCUT2D eigenvalue weighted by Gasteiger charge is 2.49. The Bertz CT molecular complexity index is 509. The predicted octanol–water partition coefficient (Wildman–Crippen LogP) is 1.06. The van der Waals surface area contributed by atoms with Gasteiger partial charge >= 0.3 is 0 Å². The van der Waals surface area contributed by atoms with Gasteiger partial charge in [-0.25, -0.2) is 0 Å². The molecular formula is C13H14N2O2. The monoisotopic (exact) mass is 230 g/mol. The van der Waals surface area contributed by atoms with Crippen molar-refractivity contribution in [2.75, 3.05) is 20.1 Å². The molecule has 0 aliphatic carbocycles. The number of hydrogen-bond donors (Lipinski definition) is 1. The number of aliphatic hydroxyl groups is 1. The first-order valence-corrected chi connectivity index (χ1v) is 5.76. The summed E-state index contributed by atoms with van der Waals surface area (Å²) in [6.07, 6.45) is 0.602. The van der Waals surface area contributed by atoms with Crippen LogP contribution in [0.5, 0.6) is 5.75 Å². The fraction of sp³-hybridized carbons (Fsp3) is 0.462. The molecule has 3 rings (SSSR count). The lowest BCUT2D eigenvalue weighted by molar-refractivity contribution is -0.165. The van der Waals surface area contributed by atoms with Crippen LogP contribution in [0.15, 0.2) is 18.2 Å². The minimum atomic E-state index is -1.08. The molecule has 0 aromatic heterocycles. The number of likely N-dealkylation sites (N-methyl/N-ethyl adjacent to an activating group) is 1. The van der Waals surface area contributed by atoms with Gasteiger partial charge < -0.3 is 14.7 Å². The highest BCUT2D eigenvalue weighted by molar-refractivity contribution is 5.48. The molecule has 1 aromatic carbocycles.